The van der Waals surface area contributed by atoms with Crippen LogP contribution in [-0.2, 0) is 16.1 Å². The molecule has 2 aromatic heterocycles. The number of ether oxygens (including phenoxy) is 1. The number of rotatable bonds is 2. The SMILES string of the molecule is C[C@H]1CN(C(=O)Cn2cnc3c(oc4ccccc43)c2=O)C[C@H](C)O1. The number of carbonyl (C=O) groups is 1. The van der Waals surface area contributed by atoms with Crippen LogP contribution in [0.25, 0.3) is 22.1 Å². The summed E-state index contributed by atoms with van der Waals surface area (Å²) in [5.41, 5.74) is 0.976. The van der Waals surface area contributed by atoms with E-state index >= 15 is 0 Å². The quantitative estimate of drug-likeness (QED) is 0.710. The molecule has 0 radical (unpaired) electrons. The number of hydrogen-bond acceptors (Lipinski definition) is 5. The van der Waals surface area contributed by atoms with E-state index in [0.717, 1.165) is 5.39 Å². The fourth-order valence-electron chi connectivity index (χ4n) is 3.36. The highest BCUT2D eigenvalue weighted by molar-refractivity contribution is 6.01. The van der Waals surface area contributed by atoms with Crippen LogP contribution in [0.1, 0.15) is 13.8 Å². The predicted molar refractivity (Wildman–Crippen MR) is 92.4 cm³/mol. The Morgan fingerprint density at radius 1 is 1.24 bits per heavy atom. The molecular formula is C18H19N3O4. The minimum Gasteiger partial charge on any atom is -0.448 e. The van der Waals surface area contributed by atoms with Crippen molar-refractivity contribution < 1.29 is 13.9 Å². The number of hydrogen-bond donors (Lipinski definition) is 0. The largest absolute Gasteiger partial charge is 0.448 e. The predicted octanol–water partition coefficient (Wildman–Crippen LogP) is 1.78. The van der Waals surface area contributed by atoms with Gasteiger partial charge in [-0.3, -0.25) is 14.2 Å². The molecule has 0 bridgehead atoms. The van der Waals surface area contributed by atoms with Gasteiger partial charge in [0.05, 0.1) is 18.5 Å². The number of para-hydroxylation sites is 1. The van der Waals surface area contributed by atoms with E-state index < -0.39 is 0 Å². The first-order valence-corrected chi connectivity index (χ1v) is 8.33. The Bertz CT molecular complexity index is 996. The first-order valence-electron chi connectivity index (χ1n) is 8.33. The van der Waals surface area contributed by atoms with E-state index in [9.17, 15) is 9.59 Å². The molecule has 1 aliphatic heterocycles. The maximum Gasteiger partial charge on any atom is 0.297 e. The number of fused-ring (bicyclic) bond motifs is 3. The lowest BCUT2D eigenvalue weighted by atomic mass is 10.2. The lowest BCUT2D eigenvalue weighted by molar-refractivity contribution is -0.143. The third-order valence-corrected chi connectivity index (χ3v) is 4.43. The second kappa shape index (κ2) is 6.00. The summed E-state index contributed by atoms with van der Waals surface area (Å²) in [6.45, 7) is 4.86. The second-order valence-electron chi connectivity index (χ2n) is 6.51. The maximum atomic E-state index is 12.7. The van der Waals surface area contributed by atoms with Crippen LogP contribution in [0, 0.1) is 0 Å². The van der Waals surface area contributed by atoms with Crippen LogP contribution >= 0.6 is 0 Å². The van der Waals surface area contributed by atoms with Crippen molar-refractivity contribution in [2.75, 3.05) is 13.1 Å². The average molecular weight is 341 g/mol. The van der Waals surface area contributed by atoms with Gasteiger partial charge in [-0.1, -0.05) is 12.1 Å². The molecular weight excluding hydrogens is 322 g/mol. The third kappa shape index (κ3) is 2.80. The minimum absolute atomic E-state index is 0.0135. The van der Waals surface area contributed by atoms with Crippen molar-refractivity contribution in [3.63, 3.8) is 0 Å². The van der Waals surface area contributed by atoms with E-state index in [1.807, 2.05) is 32.0 Å². The summed E-state index contributed by atoms with van der Waals surface area (Å²) < 4.78 is 12.6. The Labute approximate surface area is 143 Å². The van der Waals surface area contributed by atoms with Crippen LogP contribution in [0.15, 0.2) is 39.8 Å². The Hall–Kier alpha value is -2.67. The van der Waals surface area contributed by atoms with Crippen molar-refractivity contribution in [3.05, 3.63) is 40.9 Å². The van der Waals surface area contributed by atoms with Gasteiger partial charge in [0.15, 0.2) is 0 Å². The first kappa shape index (κ1) is 15.8. The summed E-state index contributed by atoms with van der Waals surface area (Å²) in [4.78, 5) is 31.3. The fraction of sp³-hybridized carbons (Fsp3) is 0.389. The van der Waals surface area contributed by atoms with Crippen molar-refractivity contribution >= 4 is 28.0 Å². The molecule has 0 spiro atoms. The molecule has 1 amide bonds. The van der Waals surface area contributed by atoms with Gasteiger partial charge in [-0.2, -0.15) is 0 Å². The van der Waals surface area contributed by atoms with Gasteiger partial charge in [-0.25, -0.2) is 4.98 Å². The fourth-order valence-corrected chi connectivity index (χ4v) is 3.36. The van der Waals surface area contributed by atoms with E-state index in [0.29, 0.717) is 24.2 Å². The molecule has 0 aliphatic carbocycles. The topological polar surface area (TPSA) is 77.6 Å². The van der Waals surface area contributed by atoms with Crippen LogP contribution in [0.4, 0.5) is 0 Å². The Morgan fingerprint density at radius 3 is 2.72 bits per heavy atom. The van der Waals surface area contributed by atoms with E-state index in [-0.39, 0.29) is 35.8 Å². The van der Waals surface area contributed by atoms with Crippen molar-refractivity contribution in [3.8, 4) is 0 Å². The van der Waals surface area contributed by atoms with E-state index in [4.69, 9.17) is 9.15 Å². The number of amides is 1. The van der Waals surface area contributed by atoms with E-state index in [1.54, 1.807) is 11.0 Å². The highest BCUT2D eigenvalue weighted by Gasteiger charge is 2.26. The lowest BCUT2D eigenvalue weighted by Crippen LogP contribution is -2.49. The average Bonchev–Trinajstić information content (AvgIpc) is 2.96. The molecule has 7 heteroatoms. The molecule has 0 saturated carbocycles. The van der Waals surface area contributed by atoms with Crippen LogP contribution < -0.4 is 5.56 Å². The zero-order valence-electron chi connectivity index (χ0n) is 14.1. The summed E-state index contributed by atoms with van der Waals surface area (Å²) in [7, 11) is 0. The third-order valence-electron chi connectivity index (χ3n) is 4.43. The van der Waals surface area contributed by atoms with Crippen LogP contribution in [0.2, 0.25) is 0 Å². The molecule has 3 heterocycles. The standard InChI is InChI=1S/C18H19N3O4/c1-11-7-20(8-12(2)24-11)15(22)9-21-10-19-16-13-5-3-4-6-14(13)25-17(16)18(21)23/h3-6,10-12H,7-9H2,1-2H3/t11-,12-/m0/s1. The van der Waals surface area contributed by atoms with E-state index in [2.05, 4.69) is 4.98 Å². The van der Waals surface area contributed by atoms with Crippen molar-refractivity contribution in [1.29, 1.82) is 0 Å². The van der Waals surface area contributed by atoms with Gasteiger partial charge < -0.3 is 14.1 Å². The van der Waals surface area contributed by atoms with Crippen LogP contribution in [0.5, 0.6) is 0 Å². The highest BCUT2D eigenvalue weighted by Crippen LogP contribution is 2.24. The van der Waals surface area contributed by atoms with Gasteiger partial charge >= 0.3 is 0 Å². The first-order chi connectivity index (χ1) is 12.0. The number of morpholine rings is 1. The Kier molecular flexibility index (Phi) is 3.80. The summed E-state index contributed by atoms with van der Waals surface area (Å²) >= 11 is 0. The number of benzene rings is 1. The molecule has 130 valence electrons. The minimum atomic E-state index is -0.344. The monoisotopic (exact) mass is 341 g/mol. The van der Waals surface area contributed by atoms with Crippen molar-refractivity contribution in [2.45, 2.75) is 32.6 Å². The molecule has 0 unspecified atom stereocenters. The summed E-state index contributed by atoms with van der Waals surface area (Å²) in [5, 5.41) is 0.795. The Balaban J connectivity index is 1.65. The van der Waals surface area contributed by atoms with Gasteiger partial charge in [0.25, 0.3) is 5.56 Å². The number of aromatic nitrogens is 2. The molecule has 7 nitrogen and oxygen atoms in total. The van der Waals surface area contributed by atoms with Crippen molar-refractivity contribution in [1.82, 2.24) is 14.5 Å². The van der Waals surface area contributed by atoms with E-state index in [1.165, 1.54) is 10.9 Å². The molecule has 1 aromatic carbocycles. The van der Waals surface area contributed by atoms with Gasteiger partial charge in [-0.05, 0) is 26.0 Å². The molecule has 1 fully saturated rings. The maximum absolute atomic E-state index is 12.7. The summed E-state index contributed by atoms with van der Waals surface area (Å²) in [5.74, 6) is -0.124. The normalized spacial score (nSPS) is 21.1. The molecule has 1 saturated heterocycles. The molecule has 0 N–H and O–H groups in total. The van der Waals surface area contributed by atoms with Gasteiger partial charge in [0, 0.05) is 18.5 Å². The highest BCUT2D eigenvalue weighted by atomic mass is 16.5. The second-order valence-corrected chi connectivity index (χ2v) is 6.51. The molecule has 3 aromatic rings. The summed E-state index contributed by atoms with van der Waals surface area (Å²) in [6, 6.07) is 7.37. The summed E-state index contributed by atoms with van der Waals surface area (Å²) in [6.07, 6.45) is 1.39. The number of furan rings is 1. The van der Waals surface area contributed by atoms with Crippen LogP contribution in [0.3, 0.4) is 0 Å². The molecule has 1 aliphatic rings. The van der Waals surface area contributed by atoms with Gasteiger partial charge in [-0.15, -0.1) is 0 Å². The molecule has 4 rings (SSSR count). The Morgan fingerprint density at radius 2 is 1.96 bits per heavy atom. The number of nitrogens with zero attached hydrogens (tertiary/aromatic N) is 3. The van der Waals surface area contributed by atoms with Crippen molar-refractivity contribution in [2.24, 2.45) is 0 Å². The van der Waals surface area contributed by atoms with Crippen LogP contribution in [-0.4, -0.2) is 45.7 Å². The molecule has 25 heavy (non-hydrogen) atoms. The zero-order chi connectivity index (χ0) is 17.6. The molecule has 2 atom stereocenters. The number of carbonyl (C=O) groups excluding carboxylic acids is 1. The van der Waals surface area contributed by atoms with Gasteiger partial charge in [0.2, 0.25) is 11.5 Å². The zero-order valence-corrected chi connectivity index (χ0v) is 14.1. The van der Waals surface area contributed by atoms with Gasteiger partial charge in [0.1, 0.15) is 17.6 Å². The lowest BCUT2D eigenvalue weighted by Gasteiger charge is -2.35. The smallest absolute Gasteiger partial charge is 0.297 e.